The molecule has 0 bridgehead atoms. The van der Waals surface area contributed by atoms with Gasteiger partial charge in [0.1, 0.15) is 17.3 Å². The molecular weight excluding hydrogens is 424 g/mol. The number of amides is 1. The number of aryl methyl sites for hydroxylation is 1. The highest BCUT2D eigenvalue weighted by Crippen LogP contribution is 2.32. The van der Waals surface area contributed by atoms with Crippen LogP contribution in [0.15, 0.2) is 30.5 Å². The first-order chi connectivity index (χ1) is 15.3. The Morgan fingerprint density at radius 3 is 2.66 bits per heavy atom. The number of rotatable bonds is 4. The zero-order chi connectivity index (χ0) is 23.0. The number of hydrogen-bond donors (Lipinski definition) is 1. The Morgan fingerprint density at radius 1 is 1.28 bits per heavy atom. The van der Waals surface area contributed by atoms with Gasteiger partial charge in [-0.05, 0) is 36.8 Å². The molecule has 1 aliphatic rings. The molecular formula is C22H21F2N3O5. The summed E-state index contributed by atoms with van der Waals surface area (Å²) < 4.78 is 42.1. The van der Waals surface area contributed by atoms with Gasteiger partial charge in [0.25, 0.3) is 0 Å². The molecule has 168 valence electrons. The maximum atomic E-state index is 14.9. The number of pyridine rings is 1. The maximum absolute atomic E-state index is 14.9. The molecule has 0 spiro atoms. The van der Waals surface area contributed by atoms with Gasteiger partial charge in [0.2, 0.25) is 0 Å². The molecule has 1 saturated heterocycles. The number of carboxylic acid groups (broad SMARTS) is 1. The highest BCUT2D eigenvalue weighted by Gasteiger charge is 2.29. The van der Waals surface area contributed by atoms with Crippen LogP contribution in [0.25, 0.3) is 16.9 Å². The molecule has 10 heteroatoms. The van der Waals surface area contributed by atoms with Crippen molar-refractivity contribution in [2.45, 2.75) is 19.4 Å². The zero-order valence-electron chi connectivity index (χ0n) is 17.5. The highest BCUT2D eigenvalue weighted by molar-refractivity contribution is 5.88. The number of imidazole rings is 1. The molecule has 0 radical (unpaired) electrons. The van der Waals surface area contributed by atoms with Gasteiger partial charge in [0.15, 0.2) is 0 Å². The van der Waals surface area contributed by atoms with Crippen molar-refractivity contribution in [2.75, 3.05) is 26.8 Å². The third-order valence-corrected chi connectivity index (χ3v) is 5.40. The lowest BCUT2D eigenvalue weighted by Crippen LogP contribution is -2.46. The van der Waals surface area contributed by atoms with Crippen molar-refractivity contribution in [1.29, 1.82) is 0 Å². The molecule has 32 heavy (non-hydrogen) atoms. The van der Waals surface area contributed by atoms with Gasteiger partial charge >= 0.3 is 12.1 Å². The molecule has 1 unspecified atom stereocenters. The summed E-state index contributed by atoms with van der Waals surface area (Å²) in [5, 5.41) is 9.09. The van der Waals surface area contributed by atoms with Crippen LogP contribution < -0.4 is 0 Å². The zero-order valence-corrected chi connectivity index (χ0v) is 17.5. The Morgan fingerprint density at radius 2 is 2.00 bits per heavy atom. The summed E-state index contributed by atoms with van der Waals surface area (Å²) in [6, 6.07) is 5.16. The first kappa shape index (κ1) is 21.7. The van der Waals surface area contributed by atoms with E-state index in [1.165, 1.54) is 12.0 Å². The predicted octanol–water partition coefficient (Wildman–Crippen LogP) is 3.30. The number of morpholine rings is 1. The van der Waals surface area contributed by atoms with E-state index in [9.17, 15) is 18.4 Å². The third kappa shape index (κ3) is 4.01. The smallest absolute Gasteiger partial charge is 0.409 e. The maximum Gasteiger partial charge on any atom is 0.409 e. The van der Waals surface area contributed by atoms with Gasteiger partial charge in [-0.2, -0.15) is 0 Å². The molecule has 3 heterocycles. The summed E-state index contributed by atoms with van der Waals surface area (Å²) in [6.07, 6.45) is 1.03. The van der Waals surface area contributed by atoms with E-state index in [4.69, 9.17) is 14.6 Å². The van der Waals surface area contributed by atoms with Crippen LogP contribution in [-0.2, 0) is 15.9 Å². The van der Waals surface area contributed by atoms with Gasteiger partial charge in [0, 0.05) is 19.2 Å². The average molecular weight is 445 g/mol. The number of fused-ring (bicyclic) bond motifs is 1. The average Bonchev–Trinajstić information content (AvgIpc) is 3.09. The molecule has 1 fully saturated rings. The van der Waals surface area contributed by atoms with Gasteiger partial charge in [-0.25, -0.2) is 23.4 Å². The minimum Gasteiger partial charge on any atom is -0.478 e. The lowest BCUT2D eigenvalue weighted by molar-refractivity contribution is -0.0241. The van der Waals surface area contributed by atoms with E-state index in [2.05, 4.69) is 4.98 Å². The lowest BCUT2D eigenvalue weighted by Gasteiger charge is -2.32. The number of ether oxygens (including phenoxy) is 2. The van der Waals surface area contributed by atoms with Crippen molar-refractivity contribution >= 4 is 17.7 Å². The molecule has 0 aliphatic carbocycles. The molecule has 1 aromatic carbocycles. The largest absolute Gasteiger partial charge is 0.478 e. The van der Waals surface area contributed by atoms with E-state index in [1.54, 1.807) is 16.7 Å². The minimum atomic E-state index is -1.43. The van der Waals surface area contributed by atoms with Gasteiger partial charge in [-0.15, -0.1) is 0 Å². The standard InChI is InChI=1S/C22H21F2N3O5/c1-12-3-4-27-17(10-14-11-26(5-6-32-14)22(30)31-2)20(25-18(27)7-12)19-15(23)8-13(21(28)29)9-16(19)24/h3-4,7-9,14H,5-6,10-11H2,1-2H3,(H,28,29). The number of hydrogen-bond acceptors (Lipinski definition) is 5. The molecule has 0 saturated carbocycles. The predicted molar refractivity (Wildman–Crippen MR) is 110 cm³/mol. The minimum absolute atomic E-state index is 0.0568. The van der Waals surface area contributed by atoms with Crippen molar-refractivity contribution in [3.63, 3.8) is 0 Å². The summed E-state index contributed by atoms with van der Waals surface area (Å²) in [5.41, 5.74) is 1.03. The van der Waals surface area contributed by atoms with E-state index in [0.29, 0.717) is 24.5 Å². The first-order valence-corrected chi connectivity index (χ1v) is 9.93. The van der Waals surface area contributed by atoms with Crippen molar-refractivity contribution in [3.05, 3.63) is 58.9 Å². The van der Waals surface area contributed by atoms with Crippen LogP contribution in [0, 0.1) is 18.6 Å². The second-order valence-electron chi connectivity index (χ2n) is 7.57. The number of benzene rings is 1. The Kier molecular flexibility index (Phi) is 5.79. The topological polar surface area (TPSA) is 93.4 Å². The number of carbonyl (C=O) groups excluding carboxylic acids is 1. The molecule has 8 nitrogen and oxygen atoms in total. The van der Waals surface area contributed by atoms with Crippen LogP contribution in [0.2, 0.25) is 0 Å². The molecule has 1 amide bonds. The molecule has 3 aromatic rings. The van der Waals surface area contributed by atoms with E-state index < -0.39 is 40.9 Å². The fraction of sp³-hybridized carbons (Fsp3) is 0.318. The number of aromatic carboxylic acids is 1. The van der Waals surface area contributed by atoms with E-state index >= 15 is 0 Å². The number of aromatic nitrogens is 2. The number of methoxy groups -OCH3 is 1. The number of nitrogens with zero attached hydrogens (tertiary/aromatic N) is 3. The van der Waals surface area contributed by atoms with Crippen LogP contribution in [0.1, 0.15) is 21.6 Å². The van der Waals surface area contributed by atoms with E-state index in [1.807, 2.05) is 13.0 Å². The summed E-state index contributed by atoms with van der Waals surface area (Å²) in [6.45, 7) is 2.78. The Bertz CT molecular complexity index is 1190. The van der Waals surface area contributed by atoms with Crippen LogP contribution in [-0.4, -0.2) is 64.4 Å². The highest BCUT2D eigenvalue weighted by atomic mass is 19.1. The third-order valence-electron chi connectivity index (χ3n) is 5.40. The normalized spacial score (nSPS) is 16.4. The number of carboxylic acids is 1. The van der Waals surface area contributed by atoms with Crippen molar-refractivity contribution in [1.82, 2.24) is 14.3 Å². The van der Waals surface area contributed by atoms with Crippen molar-refractivity contribution in [3.8, 4) is 11.3 Å². The van der Waals surface area contributed by atoms with E-state index in [-0.39, 0.29) is 18.7 Å². The van der Waals surface area contributed by atoms with E-state index in [0.717, 1.165) is 17.7 Å². The van der Waals surface area contributed by atoms with Crippen LogP contribution in [0.3, 0.4) is 0 Å². The van der Waals surface area contributed by atoms with Crippen LogP contribution >= 0.6 is 0 Å². The van der Waals surface area contributed by atoms with Crippen molar-refractivity contribution in [2.24, 2.45) is 0 Å². The second-order valence-corrected chi connectivity index (χ2v) is 7.57. The first-order valence-electron chi connectivity index (χ1n) is 9.93. The summed E-state index contributed by atoms with van der Waals surface area (Å²) in [4.78, 5) is 29.0. The monoisotopic (exact) mass is 445 g/mol. The summed E-state index contributed by atoms with van der Waals surface area (Å²) >= 11 is 0. The fourth-order valence-corrected chi connectivity index (χ4v) is 3.87. The van der Waals surface area contributed by atoms with Crippen LogP contribution in [0.4, 0.5) is 13.6 Å². The fourth-order valence-electron chi connectivity index (χ4n) is 3.87. The molecule has 1 aliphatic heterocycles. The summed E-state index contributed by atoms with van der Waals surface area (Å²) in [5.74, 6) is -3.48. The number of halogens is 2. The van der Waals surface area contributed by atoms with Gasteiger partial charge in [-0.1, -0.05) is 0 Å². The van der Waals surface area contributed by atoms with Gasteiger partial charge < -0.3 is 23.9 Å². The molecule has 2 aromatic heterocycles. The quantitative estimate of drug-likeness (QED) is 0.663. The van der Waals surface area contributed by atoms with Gasteiger partial charge in [0.05, 0.1) is 48.9 Å². The van der Waals surface area contributed by atoms with Gasteiger partial charge in [-0.3, -0.25) is 0 Å². The lowest BCUT2D eigenvalue weighted by atomic mass is 10.0. The Hall–Kier alpha value is -3.53. The Balaban J connectivity index is 1.80. The summed E-state index contributed by atoms with van der Waals surface area (Å²) in [7, 11) is 1.30. The van der Waals surface area contributed by atoms with Crippen LogP contribution in [0.5, 0.6) is 0 Å². The molecule has 1 atom stereocenters. The second kappa shape index (κ2) is 8.54. The SMILES string of the molecule is COC(=O)N1CCOC(Cc2c(-c3c(F)cc(C(=O)O)cc3F)nc3cc(C)ccn23)C1. The molecule has 1 N–H and O–H groups in total. The molecule has 4 rings (SSSR count). The number of carbonyl (C=O) groups is 2. The van der Waals surface area contributed by atoms with Crippen molar-refractivity contribution < 1.29 is 33.0 Å². The Labute approximate surface area is 182 Å².